The van der Waals surface area contributed by atoms with Gasteiger partial charge in [-0.15, -0.1) is 0 Å². The molecule has 0 radical (unpaired) electrons. The smallest absolute Gasteiger partial charge is 0.239 e. The molecule has 0 bridgehead atoms. The predicted octanol–water partition coefficient (Wildman–Crippen LogP) is 7.94. The molecule has 1 aliphatic rings. The Morgan fingerprint density at radius 3 is 1.19 bits per heavy atom. The highest BCUT2D eigenvalue weighted by atomic mass is 31.1. The highest BCUT2D eigenvalue weighted by Crippen LogP contribution is 2.45. The molecule has 3 nitrogen and oxygen atoms in total. The number of carbonyl (C=O) groups excluding carboxylic acids is 2. The SMILES string of the molecule is C1CCCCC1.CCC(C)(C(=O)[P+](=O)C(=O)C(C)(CC)c1ccccc1)c1ccccc1. The molecule has 0 saturated heterocycles. The number of hydrogen-bond donors (Lipinski definition) is 0. The molecule has 0 spiro atoms. The van der Waals surface area contributed by atoms with Crippen molar-refractivity contribution in [2.24, 2.45) is 0 Å². The Hall–Kier alpha value is -2.12. The first-order valence-corrected chi connectivity index (χ1v) is 13.2. The van der Waals surface area contributed by atoms with Crippen LogP contribution < -0.4 is 0 Å². The van der Waals surface area contributed by atoms with Gasteiger partial charge in [0.1, 0.15) is 10.8 Å². The lowest BCUT2D eigenvalue weighted by molar-refractivity contribution is -0.119. The molecule has 0 heterocycles. The molecule has 2 aromatic carbocycles. The summed E-state index contributed by atoms with van der Waals surface area (Å²) in [5, 5.41) is 0. The summed E-state index contributed by atoms with van der Waals surface area (Å²) in [4.78, 5) is 26.3. The van der Waals surface area contributed by atoms with E-state index in [4.69, 9.17) is 0 Å². The maximum Gasteiger partial charge on any atom is 0.493 e. The summed E-state index contributed by atoms with van der Waals surface area (Å²) in [5.41, 5.74) is -1.25. The molecular weight excluding hydrogens is 415 g/mol. The maximum atomic E-state index is 13.1. The van der Waals surface area contributed by atoms with Gasteiger partial charge in [0, 0.05) is 0 Å². The van der Waals surface area contributed by atoms with Crippen LogP contribution in [-0.2, 0) is 25.0 Å². The van der Waals surface area contributed by atoms with Gasteiger partial charge in [0.05, 0.1) is 0 Å². The van der Waals surface area contributed by atoms with Crippen LogP contribution in [0.15, 0.2) is 60.7 Å². The average Bonchev–Trinajstić information content (AvgIpc) is 2.88. The Morgan fingerprint density at radius 2 is 0.938 bits per heavy atom. The van der Waals surface area contributed by atoms with Gasteiger partial charge < -0.3 is 0 Å². The van der Waals surface area contributed by atoms with Crippen molar-refractivity contribution >= 4 is 18.8 Å². The Balaban J connectivity index is 0.000000520. The van der Waals surface area contributed by atoms with Crippen molar-refractivity contribution in [3.05, 3.63) is 71.8 Å². The first-order valence-electron chi connectivity index (χ1n) is 12.0. The van der Waals surface area contributed by atoms with Crippen molar-refractivity contribution in [1.29, 1.82) is 0 Å². The van der Waals surface area contributed by atoms with Crippen LogP contribution in [-0.4, -0.2) is 11.0 Å². The minimum absolute atomic E-state index is 0.484. The van der Waals surface area contributed by atoms with Gasteiger partial charge in [0.15, 0.2) is 0 Å². The van der Waals surface area contributed by atoms with Gasteiger partial charge in [-0.05, 0) is 37.8 Å². The lowest BCUT2D eigenvalue weighted by Crippen LogP contribution is -2.35. The fourth-order valence-corrected chi connectivity index (χ4v) is 5.83. The van der Waals surface area contributed by atoms with Gasteiger partial charge in [0.2, 0.25) is 0 Å². The second kappa shape index (κ2) is 12.2. The molecule has 4 heteroatoms. The molecule has 0 aromatic heterocycles. The number of carbonyl (C=O) groups is 2. The van der Waals surface area contributed by atoms with Crippen molar-refractivity contribution in [3.63, 3.8) is 0 Å². The van der Waals surface area contributed by atoms with Gasteiger partial charge >= 0.3 is 18.8 Å². The molecular formula is C28H38O3P+. The zero-order valence-electron chi connectivity index (χ0n) is 20.1. The van der Waals surface area contributed by atoms with Gasteiger partial charge in [-0.1, -0.05) is 118 Å². The molecule has 2 atom stereocenters. The largest absolute Gasteiger partial charge is 0.493 e. The molecule has 0 N–H and O–H groups in total. The number of hydrogen-bond acceptors (Lipinski definition) is 3. The number of benzene rings is 2. The fraction of sp³-hybridized carbons (Fsp3) is 0.500. The zero-order chi connectivity index (χ0) is 23.6. The summed E-state index contributed by atoms with van der Waals surface area (Å²) in [6.45, 7) is 7.32. The van der Waals surface area contributed by atoms with Gasteiger partial charge in [-0.25, -0.2) is 9.59 Å². The van der Waals surface area contributed by atoms with E-state index in [0.717, 1.165) is 11.1 Å². The quantitative estimate of drug-likeness (QED) is 0.381. The Labute approximate surface area is 194 Å². The van der Waals surface area contributed by atoms with Crippen LogP contribution in [0.3, 0.4) is 0 Å². The summed E-state index contributed by atoms with van der Waals surface area (Å²) < 4.78 is 13.0. The van der Waals surface area contributed by atoms with Gasteiger partial charge in [0.25, 0.3) is 0 Å². The summed E-state index contributed by atoms with van der Waals surface area (Å²) in [6.07, 6.45) is 9.97. The maximum absolute atomic E-state index is 13.1. The molecule has 32 heavy (non-hydrogen) atoms. The van der Waals surface area contributed by atoms with Crippen molar-refractivity contribution in [2.75, 3.05) is 0 Å². The topological polar surface area (TPSA) is 51.2 Å². The molecule has 3 rings (SSSR count). The summed E-state index contributed by atoms with van der Waals surface area (Å²) in [7, 11) is -2.67. The molecule has 1 aliphatic carbocycles. The van der Waals surface area contributed by atoms with Crippen LogP contribution in [0.2, 0.25) is 0 Å². The van der Waals surface area contributed by atoms with E-state index < -0.39 is 29.7 Å². The molecule has 2 aromatic rings. The van der Waals surface area contributed by atoms with Crippen molar-refractivity contribution in [1.82, 2.24) is 0 Å². The second-order valence-electron chi connectivity index (χ2n) is 9.13. The van der Waals surface area contributed by atoms with Crippen molar-refractivity contribution in [2.45, 2.75) is 89.9 Å². The Bertz CT molecular complexity index is 810. The zero-order valence-corrected chi connectivity index (χ0v) is 21.0. The summed E-state index contributed by atoms with van der Waals surface area (Å²) in [5.74, 6) is 0. The van der Waals surface area contributed by atoms with Crippen molar-refractivity contribution < 1.29 is 14.2 Å². The lowest BCUT2D eigenvalue weighted by Gasteiger charge is -2.24. The van der Waals surface area contributed by atoms with Gasteiger partial charge in [-0.2, -0.15) is 0 Å². The van der Waals surface area contributed by atoms with Gasteiger partial charge in [-0.3, -0.25) is 0 Å². The van der Waals surface area contributed by atoms with Crippen LogP contribution >= 0.6 is 7.80 Å². The third kappa shape index (κ3) is 6.01. The molecule has 1 fully saturated rings. The van der Waals surface area contributed by atoms with Crippen molar-refractivity contribution in [3.8, 4) is 0 Å². The first kappa shape index (κ1) is 26.1. The highest BCUT2D eigenvalue weighted by molar-refractivity contribution is 7.79. The highest BCUT2D eigenvalue weighted by Gasteiger charge is 2.56. The van der Waals surface area contributed by atoms with E-state index in [0.29, 0.717) is 12.8 Å². The normalized spacial score (nSPS) is 17.7. The van der Waals surface area contributed by atoms with E-state index in [1.807, 2.05) is 74.5 Å². The van der Waals surface area contributed by atoms with E-state index >= 15 is 0 Å². The van der Waals surface area contributed by atoms with Crippen LogP contribution in [0.5, 0.6) is 0 Å². The van der Waals surface area contributed by atoms with E-state index in [-0.39, 0.29) is 0 Å². The van der Waals surface area contributed by atoms with Crippen LogP contribution in [0, 0.1) is 0 Å². The van der Waals surface area contributed by atoms with Crippen LogP contribution in [0.25, 0.3) is 0 Å². The summed E-state index contributed by atoms with van der Waals surface area (Å²) >= 11 is 0. The minimum atomic E-state index is -2.67. The Morgan fingerprint density at radius 1 is 0.656 bits per heavy atom. The molecule has 1 saturated carbocycles. The monoisotopic (exact) mass is 453 g/mol. The predicted molar refractivity (Wildman–Crippen MR) is 133 cm³/mol. The van der Waals surface area contributed by atoms with E-state index in [2.05, 4.69) is 0 Å². The fourth-order valence-electron chi connectivity index (χ4n) is 4.17. The average molecular weight is 454 g/mol. The van der Waals surface area contributed by atoms with Crippen LogP contribution in [0.4, 0.5) is 0 Å². The van der Waals surface area contributed by atoms with Crippen LogP contribution in [0.1, 0.15) is 90.2 Å². The van der Waals surface area contributed by atoms with E-state index in [1.165, 1.54) is 38.5 Å². The second-order valence-corrected chi connectivity index (χ2v) is 10.5. The standard InChI is InChI=1S/C22H26O3P.C6H12/c1-5-21(3,17-13-9-7-10-14-17)19(23)26(25)20(24)22(4,6-2)18-15-11-8-12-16-18;1-2-4-6-5-3-1/h7-16H,5-6H2,1-4H3;1-6H2/q+1;. The van der Waals surface area contributed by atoms with E-state index in [1.54, 1.807) is 13.8 Å². The molecule has 2 unspecified atom stereocenters. The first-order chi connectivity index (χ1) is 15.3. The van der Waals surface area contributed by atoms with E-state index in [9.17, 15) is 14.2 Å². The number of rotatable bonds is 8. The summed E-state index contributed by atoms with van der Waals surface area (Å²) in [6, 6.07) is 18.6. The third-order valence-corrected chi connectivity index (χ3v) is 8.77. The molecule has 0 amide bonds. The minimum Gasteiger partial charge on any atom is -0.239 e. The lowest BCUT2D eigenvalue weighted by atomic mass is 9.81. The molecule has 172 valence electrons. The molecule has 0 aliphatic heterocycles. The Kier molecular flexibility index (Phi) is 9.97. The third-order valence-electron chi connectivity index (χ3n) is 7.05.